The van der Waals surface area contributed by atoms with Crippen LogP contribution in [0.4, 0.5) is 0 Å². The number of carbonyl (C=O) groups is 3. The van der Waals surface area contributed by atoms with Crippen LogP contribution in [0.5, 0.6) is 11.5 Å². The molecule has 0 amide bonds. The molecule has 0 saturated heterocycles. The average molecular weight is 282 g/mol. The van der Waals surface area contributed by atoms with Crippen molar-refractivity contribution in [3.63, 3.8) is 0 Å². The maximum absolute atomic E-state index is 12.6. The monoisotopic (exact) mass is 282 g/mol. The Hall–Kier alpha value is -2.95. The number of benzene rings is 2. The van der Waals surface area contributed by atoms with Gasteiger partial charge < -0.3 is 9.84 Å². The van der Waals surface area contributed by atoms with Crippen LogP contribution in [0.1, 0.15) is 31.8 Å². The van der Waals surface area contributed by atoms with Crippen molar-refractivity contribution in [1.82, 2.24) is 0 Å². The number of phenols is 1. The molecule has 0 saturated carbocycles. The summed E-state index contributed by atoms with van der Waals surface area (Å²) in [6, 6.07) is 8.98. The van der Waals surface area contributed by atoms with Gasteiger partial charge in [-0.2, -0.15) is 0 Å². The molecule has 104 valence electrons. The van der Waals surface area contributed by atoms with Crippen LogP contribution in [0.15, 0.2) is 36.4 Å². The van der Waals surface area contributed by atoms with Gasteiger partial charge in [0.2, 0.25) is 5.78 Å². The van der Waals surface area contributed by atoms with Crippen molar-refractivity contribution in [3.8, 4) is 11.5 Å². The van der Waals surface area contributed by atoms with Crippen LogP contribution in [0.3, 0.4) is 0 Å². The summed E-state index contributed by atoms with van der Waals surface area (Å²) in [6.45, 7) is -0.217. The first-order chi connectivity index (χ1) is 10.1. The Labute approximate surface area is 119 Å². The molecule has 0 aliphatic heterocycles. The lowest BCUT2D eigenvalue weighted by Gasteiger charge is -2.20. The number of aldehydes is 1. The Kier molecular flexibility index (Phi) is 3.02. The molecule has 0 unspecified atom stereocenters. The third-order valence-corrected chi connectivity index (χ3v) is 3.32. The summed E-state index contributed by atoms with van der Waals surface area (Å²) in [5.41, 5.74) is 0.428. The van der Waals surface area contributed by atoms with Crippen molar-refractivity contribution in [2.75, 3.05) is 6.61 Å². The van der Waals surface area contributed by atoms with Gasteiger partial charge in [-0.3, -0.25) is 14.4 Å². The lowest BCUT2D eigenvalue weighted by atomic mass is 9.83. The minimum Gasteiger partial charge on any atom is -0.507 e. The number of hydrogen-bond acceptors (Lipinski definition) is 5. The molecular weight excluding hydrogens is 272 g/mol. The van der Waals surface area contributed by atoms with E-state index in [9.17, 15) is 19.5 Å². The van der Waals surface area contributed by atoms with Gasteiger partial charge >= 0.3 is 0 Å². The van der Waals surface area contributed by atoms with Crippen molar-refractivity contribution in [2.24, 2.45) is 0 Å². The zero-order valence-electron chi connectivity index (χ0n) is 10.8. The van der Waals surface area contributed by atoms with Crippen molar-refractivity contribution >= 4 is 17.9 Å². The van der Waals surface area contributed by atoms with E-state index >= 15 is 0 Å². The van der Waals surface area contributed by atoms with Gasteiger partial charge in [0.15, 0.2) is 12.1 Å². The van der Waals surface area contributed by atoms with E-state index in [4.69, 9.17) is 4.74 Å². The van der Waals surface area contributed by atoms with E-state index in [1.165, 1.54) is 30.3 Å². The quantitative estimate of drug-likeness (QED) is 0.740. The molecule has 0 fully saturated rings. The summed E-state index contributed by atoms with van der Waals surface area (Å²) in [6.07, 6.45) is 0.555. The second-order valence-electron chi connectivity index (χ2n) is 4.51. The summed E-state index contributed by atoms with van der Waals surface area (Å²) in [5, 5.41) is 9.87. The Morgan fingerprint density at radius 1 is 0.952 bits per heavy atom. The fourth-order valence-electron chi connectivity index (χ4n) is 2.44. The first-order valence-corrected chi connectivity index (χ1v) is 6.26. The molecule has 0 atom stereocenters. The van der Waals surface area contributed by atoms with Gasteiger partial charge in [0, 0.05) is 11.1 Å². The van der Waals surface area contributed by atoms with Crippen LogP contribution >= 0.6 is 0 Å². The lowest BCUT2D eigenvalue weighted by molar-refractivity contribution is -0.109. The zero-order chi connectivity index (χ0) is 15.0. The molecule has 0 spiro atoms. The van der Waals surface area contributed by atoms with Gasteiger partial charge in [0.25, 0.3) is 0 Å². The predicted molar refractivity (Wildman–Crippen MR) is 73.0 cm³/mol. The van der Waals surface area contributed by atoms with Crippen LogP contribution in [0.25, 0.3) is 0 Å². The van der Waals surface area contributed by atoms with Gasteiger partial charge in [-0.1, -0.05) is 24.3 Å². The fraction of sp³-hybridized carbons (Fsp3) is 0.0625. The first-order valence-electron chi connectivity index (χ1n) is 6.26. The summed E-state index contributed by atoms with van der Waals surface area (Å²) in [7, 11) is 0. The summed E-state index contributed by atoms with van der Waals surface area (Å²) < 4.78 is 5.20. The molecule has 2 aromatic carbocycles. The minimum atomic E-state index is -0.487. The standard InChI is InChI=1S/C16H10O5/c17-7-8-21-12-6-2-4-10-14(12)16(20)13-9(15(10)19)3-1-5-11(13)18/h1-7,18H,8H2. The molecule has 1 aliphatic carbocycles. The van der Waals surface area contributed by atoms with Gasteiger partial charge in [0.05, 0.1) is 11.1 Å². The van der Waals surface area contributed by atoms with Crippen LogP contribution in [-0.4, -0.2) is 29.6 Å². The summed E-state index contributed by atoms with van der Waals surface area (Å²) >= 11 is 0. The van der Waals surface area contributed by atoms with Crippen LogP contribution in [0.2, 0.25) is 0 Å². The largest absolute Gasteiger partial charge is 0.507 e. The Balaban J connectivity index is 2.24. The maximum atomic E-state index is 12.6. The second-order valence-corrected chi connectivity index (χ2v) is 4.51. The Morgan fingerprint density at radius 2 is 1.62 bits per heavy atom. The number of hydrogen-bond donors (Lipinski definition) is 1. The maximum Gasteiger partial charge on any atom is 0.201 e. The molecule has 1 aliphatic rings. The SMILES string of the molecule is O=CCOc1cccc2c1C(=O)c1c(O)cccc1C2=O. The first kappa shape index (κ1) is 13.1. The molecule has 0 radical (unpaired) electrons. The van der Waals surface area contributed by atoms with Crippen LogP contribution < -0.4 is 4.74 Å². The number of ketones is 2. The number of aromatic hydroxyl groups is 1. The molecule has 0 bridgehead atoms. The smallest absolute Gasteiger partial charge is 0.201 e. The molecule has 2 aromatic rings. The number of rotatable bonds is 3. The number of fused-ring (bicyclic) bond motifs is 2. The third-order valence-electron chi connectivity index (χ3n) is 3.32. The molecule has 5 heteroatoms. The van der Waals surface area contributed by atoms with Crippen molar-refractivity contribution < 1.29 is 24.2 Å². The highest BCUT2D eigenvalue weighted by molar-refractivity contribution is 6.30. The van der Waals surface area contributed by atoms with E-state index in [-0.39, 0.29) is 46.1 Å². The van der Waals surface area contributed by atoms with Crippen molar-refractivity contribution in [2.45, 2.75) is 0 Å². The number of ether oxygens (including phenoxy) is 1. The summed E-state index contributed by atoms with van der Waals surface area (Å²) in [5.74, 6) is -0.931. The molecule has 5 nitrogen and oxygen atoms in total. The molecule has 3 rings (SSSR count). The normalized spacial score (nSPS) is 12.6. The molecule has 0 heterocycles. The minimum absolute atomic E-state index is 0.0304. The van der Waals surface area contributed by atoms with Gasteiger partial charge in [0.1, 0.15) is 18.1 Å². The molecule has 0 aromatic heterocycles. The van der Waals surface area contributed by atoms with Crippen LogP contribution in [-0.2, 0) is 4.79 Å². The number of carbonyl (C=O) groups excluding carboxylic acids is 3. The molecule has 1 N–H and O–H groups in total. The van der Waals surface area contributed by atoms with Gasteiger partial charge in [-0.15, -0.1) is 0 Å². The summed E-state index contributed by atoms with van der Waals surface area (Å²) in [4.78, 5) is 35.4. The highest BCUT2D eigenvalue weighted by atomic mass is 16.5. The van der Waals surface area contributed by atoms with E-state index in [0.29, 0.717) is 6.29 Å². The Morgan fingerprint density at radius 3 is 2.33 bits per heavy atom. The third kappa shape index (κ3) is 1.90. The van der Waals surface area contributed by atoms with E-state index in [0.717, 1.165) is 0 Å². The van der Waals surface area contributed by atoms with E-state index in [1.807, 2.05) is 0 Å². The topological polar surface area (TPSA) is 80.7 Å². The van der Waals surface area contributed by atoms with Crippen LogP contribution in [0, 0.1) is 0 Å². The Bertz CT molecular complexity index is 776. The lowest BCUT2D eigenvalue weighted by Crippen LogP contribution is -2.22. The highest BCUT2D eigenvalue weighted by Gasteiger charge is 2.34. The molecule has 21 heavy (non-hydrogen) atoms. The molecular formula is C16H10O5. The van der Waals surface area contributed by atoms with E-state index < -0.39 is 5.78 Å². The predicted octanol–water partition coefficient (Wildman–Crippen LogP) is 1.75. The van der Waals surface area contributed by atoms with Crippen molar-refractivity contribution in [3.05, 3.63) is 58.7 Å². The zero-order valence-corrected chi connectivity index (χ0v) is 10.8. The van der Waals surface area contributed by atoms with Crippen molar-refractivity contribution in [1.29, 1.82) is 0 Å². The number of phenolic OH excluding ortho intramolecular Hbond substituents is 1. The fourth-order valence-corrected chi connectivity index (χ4v) is 2.44. The van der Waals surface area contributed by atoms with E-state index in [1.54, 1.807) is 6.07 Å². The van der Waals surface area contributed by atoms with E-state index in [2.05, 4.69) is 0 Å². The van der Waals surface area contributed by atoms with Gasteiger partial charge in [-0.05, 0) is 12.1 Å². The highest BCUT2D eigenvalue weighted by Crippen LogP contribution is 2.36. The second kappa shape index (κ2) is 4.86. The van der Waals surface area contributed by atoms with Gasteiger partial charge in [-0.25, -0.2) is 0 Å². The average Bonchev–Trinajstić information content (AvgIpc) is 2.50.